The molecule has 7 nitrogen and oxygen atoms in total. The topological polar surface area (TPSA) is 84.9 Å². The maximum Gasteiger partial charge on any atom is 0.313 e. The van der Waals surface area contributed by atoms with Gasteiger partial charge in [-0.05, 0) is 42.3 Å². The average Bonchev–Trinajstić information content (AvgIpc) is 2.72. The number of halogens is 2. The number of ether oxygens (including phenoxy) is 2. The predicted octanol–water partition coefficient (Wildman–Crippen LogP) is 3.18. The summed E-state index contributed by atoms with van der Waals surface area (Å²) >= 11 is 12.0. The fourth-order valence-electron chi connectivity index (χ4n) is 2.93. The predicted molar refractivity (Wildman–Crippen MR) is 113 cm³/mol. The second kappa shape index (κ2) is 9.82. The number of amides is 2. The summed E-state index contributed by atoms with van der Waals surface area (Å²) in [4.78, 5) is 37.8. The van der Waals surface area contributed by atoms with E-state index in [0.29, 0.717) is 27.9 Å². The number of likely N-dealkylation sites (N-methyl/N-ethyl adjacent to an activating group) is 1. The molecule has 0 radical (unpaired) electrons. The number of carbonyl (C=O) groups excluding carboxylic acids is 3. The fraction of sp³-hybridized carbons (Fsp3) is 0.286. The van der Waals surface area contributed by atoms with E-state index in [1.807, 2.05) is 0 Å². The molecule has 158 valence electrons. The van der Waals surface area contributed by atoms with Crippen LogP contribution in [0, 0.1) is 5.92 Å². The van der Waals surface area contributed by atoms with Gasteiger partial charge in [0.2, 0.25) is 5.91 Å². The normalized spacial score (nSPS) is 14.8. The van der Waals surface area contributed by atoms with Gasteiger partial charge in [0, 0.05) is 12.1 Å². The zero-order valence-electron chi connectivity index (χ0n) is 16.2. The van der Waals surface area contributed by atoms with Crippen LogP contribution in [-0.4, -0.2) is 49.5 Å². The number of anilines is 1. The standard InChI is InChI=1S/C21H20Cl2N2O5/c1-25(10-19(26)24-17-5-3-2-4-16(17)23)20(27)12-30-21(28)14-8-13-9-15(22)6-7-18(13)29-11-14/h2-7,9,14H,8,10-12H2,1H3,(H,24,26). The van der Waals surface area contributed by atoms with Gasteiger partial charge < -0.3 is 19.7 Å². The van der Waals surface area contributed by atoms with Gasteiger partial charge >= 0.3 is 5.97 Å². The second-order valence-electron chi connectivity index (χ2n) is 6.85. The van der Waals surface area contributed by atoms with Gasteiger partial charge in [-0.1, -0.05) is 35.3 Å². The van der Waals surface area contributed by atoms with Crippen molar-refractivity contribution in [3.63, 3.8) is 0 Å². The van der Waals surface area contributed by atoms with E-state index in [1.165, 1.54) is 11.9 Å². The highest BCUT2D eigenvalue weighted by Crippen LogP contribution is 2.30. The molecule has 1 aliphatic rings. The maximum absolute atomic E-state index is 12.3. The Balaban J connectivity index is 1.46. The maximum atomic E-state index is 12.3. The van der Waals surface area contributed by atoms with Crippen molar-refractivity contribution in [2.45, 2.75) is 6.42 Å². The Labute approximate surface area is 183 Å². The highest BCUT2D eigenvalue weighted by atomic mass is 35.5. The lowest BCUT2D eigenvalue weighted by molar-refractivity contribution is -0.156. The summed E-state index contributed by atoms with van der Waals surface area (Å²) in [6.07, 6.45) is 0.416. The van der Waals surface area contributed by atoms with Crippen LogP contribution >= 0.6 is 23.2 Å². The van der Waals surface area contributed by atoms with E-state index in [0.717, 1.165) is 5.56 Å². The van der Waals surface area contributed by atoms with Crippen LogP contribution in [0.3, 0.4) is 0 Å². The van der Waals surface area contributed by atoms with Gasteiger partial charge in [-0.2, -0.15) is 0 Å². The Bertz CT molecular complexity index is 966. The highest BCUT2D eigenvalue weighted by molar-refractivity contribution is 6.33. The first-order valence-electron chi connectivity index (χ1n) is 9.19. The lowest BCUT2D eigenvalue weighted by Gasteiger charge is -2.24. The van der Waals surface area contributed by atoms with Crippen molar-refractivity contribution in [1.82, 2.24) is 4.90 Å². The molecule has 0 bridgehead atoms. The fourth-order valence-corrected chi connectivity index (χ4v) is 3.31. The van der Waals surface area contributed by atoms with Crippen molar-refractivity contribution in [1.29, 1.82) is 0 Å². The smallest absolute Gasteiger partial charge is 0.313 e. The number of benzene rings is 2. The lowest BCUT2D eigenvalue weighted by Crippen LogP contribution is -2.38. The van der Waals surface area contributed by atoms with Crippen molar-refractivity contribution < 1.29 is 23.9 Å². The largest absolute Gasteiger partial charge is 0.492 e. The van der Waals surface area contributed by atoms with Gasteiger partial charge in [0.25, 0.3) is 5.91 Å². The number of carbonyl (C=O) groups is 3. The minimum absolute atomic E-state index is 0.164. The summed E-state index contributed by atoms with van der Waals surface area (Å²) in [7, 11) is 1.45. The molecule has 2 amide bonds. The van der Waals surface area contributed by atoms with Gasteiger partial charge in [0.1, 0.15) is 12.4 Å². The third kappa shape index (κ3) is 5.64. The van der Waals surface area contributed by atoms with Gasteiger partial charge in [-0.25, -0.2) is 0 Å². The van der Waals surface area contributed by atoms with Crippen molar-refractivity contribution in [3.8, 4) is 5.75 Å². The summed E-state index contributed by atoms with van der Waals surface area (Å²) in [6, 6.07) is 12.0. The molecule has 9 heteroatoms. The number of para-hydroxylation sites is 1. The Morgan fingerprint density at radius 2 is 1.97 bits per heavy atom. The molecule has 0 aliphatic carbocycles. The van der Waals surface area contributed by atoms with E-state index in [9.17, 15) is 14.4 Å². The number of hydrogen-bond donors (Lipinski definition) is 1. The molecule has 0 spiro atoms. The average molecular weight is 451 g/mol. The van der Waals surface area contributed by atoms with Crippen molar-refractivity contribution in [2.24, 2.45) is 5.92 Å². The summed E-state index contributed by atoms with van der Waals surface area (Å²) in [6.45, 7) is -0.509. The van der Waals surface area contributed by atoms with E-state index in [1.54, 1.807) is 42.5 Å². The van der Waals surface area contributed by atoms with Crippen LogP contribution < -0.4 is 10.1 Å². The summed E-state index contributed by atoms with van der Waals surface area (Å²) in [5, 5.41) is 3.58. The van der Waals surface area contributed by atoms with Crippen LogP contribution in [0.4, 0.5) is 5.69 Å². The number of esters is 1. The summed E-state index contributed by atoms with van der Waals surface area (Å²) in [5.74, 6) is -1.30. The molecular weight excluding hydrogens is 431 g/mol. The molecule has 0 aromatic heterocycles. The highest BCUT2D eigenvalue weighted by Gasteiger charge is 2.28. The van der Waals surface area contributed by atoms with Crippen molar-refractivity contribution in [2.75, 3.05) is 32.1 Å². The van der Waals surface area contributed by atoms with Crippen LogP contribution in [0.25, 0.3) is 0 Å². The SMILES string of the molecule is CN(CC(=O)Nc1ccccc1Cl)C(=O)COC(=O)C1COc2ccc(Cl)cc2C1. The number of fused-ring (bicyclic) bond motifs is 1. The summed E-state index contributed by atoms with van der Waals surface area (Å²) in [5.41, 5.74) is 1.27. The zero-order chi connectivity index (χ0) is 21.7. The van der Waals surface area contributed by atoms with Gasteiger partial charge in [0.05, 0.1) is 23.2 Å². The van der Waals surface area contributed by atoms with E-state index >= 15 is 0 Å². The molecule has 1 heterocycles. The Kier molecular flexibility index (Phi) is 7.18. The van der Waals surface area contributed by atoms with Gasteiger partial charge in [0.15, 0.2) is 6.61 Å². The molecule has 2 aromatic carbocycles. The second-order valence-corrected chi connectivity index (χ2v) is 7.69. The Morgan fingerprint density at radius 3 is 2.73 bits per heavy atom. The molecule has 1 unspecified atom stereocenters. The third-order valence-corrected chi connectivity index (χ3v) is 5.12. The number of rotatable bonds is 6. The molecule has 0 saturated carbocycles. The Morgan fingerprint density at radius 1 is 1.20 bits per heavy atom. The molecule has 3 rings (SSSR count). The molecule has 1 N–H and O–H groups in total. The number of nitrogens with zero attached hydrogens (tertiary/aromatic N) is 1. The van der Waals surface area contributed by atoms with Crippen LogP contribution in [-0.2, 0) is 25.5 Å². The minimum atomic E-state index is -0.539. The van der Waals surface area contributed by atoms with E-state index in [2.05, 4.69) is 5.32 Å². The molecule has 30 heavy (non-hydrogen) atoms. The van der Waals surface area contributed by atoms with Crippen LogP contribution in [0.1, 0.15) is 5.56 Å². The van der Waals surface area contributed by atoms with Crippen molar-refractivity contribution >= 4 is 46.7 Å². The third-order valence-electron chi connectivity index (χ3n) is 4.55. The van der Waals surface area contributed by atoms with Crippen LogP contribution in [0.5, 0.6) is 5.75 Å². The molecule has 1 atom stereocenters. The number of nitrogens with one attached hydrogen (secondary N) is 1. The van der Waals surface area contributed by atoms with E-state index in [4.69, 9.17) is 32.7 Å². The Hall–Kier alpha value is -2.77. The van der Waals surface area contributed by atoms with Crippen LogP contribution in [0.2, 0.25) is 10.0 Å². The summed E-state index contributed by atoms with van der Waals surface area (Å²) < 4.78 is 10.7. The van der Waals surface area contributed by atoms with Crippen molar-refractivity contribution in [3.05, 3.63) is 58.1 Å². The molecular formula is C21H20Cl2N2O5. The quantitative estimate of drug-likeness (QED) is 0.683. The van der Waals surface area contributed by atoms with Gasteiger partial charge in [-0.15, -0.1) is 0 Å². The molecule has 0 saturated heterocycles. The van der Waals surface area contributed by atoms with Gasteiger partial charge in [-0.3, -0.25) is 14.4 Å². The van der Waals surface area contributed by atoms with E-state index in [-0.39, 0.29) is 13.2 Å². The zero-order valence-corrected chi connectivity index (χ0v) is 17.7. The van der Waals surface area contributed by atoms with Crippen LogP contribution in [0.15, 0.2) is 42.5 Å². The first-order chi connectivity index (χ1) is 14.3. The first-order valence-corrected chi connectivity index (χ1v) is 9.95. The molecule has 0 fully saturated rings. The van der Waals surface area contributed by atoms with E-state index < -0.39 is 30.3 Å². The first kappa shape index (κ1) is 21.9. The monoisotopic (exact) mass is 450 g/mol. The lowest BCUT2D eigenvalue weighted by atomic mass is 9.97. The molecule has 1 aliphatic heterocycles. The molecule has 2 aromatic rings. The number of hydrogen-bond acceptors (Lipinski definition) is 5. The minimum Gasteiger partial charge on any atom is -0.492 e.